The number of aliphatic carboxylic acids is 1. The molecule has 7 heteroatoms. The number of rotatable bonds is 5. The third-order valence-electron chi connectivity index (χ3n) is 2.27. The second-order valence-electron chi connectivity index (χ2n) is 3.91. The van der Waals surface area contributed by atoms with Crippen LogP contribution in [0.4, 0.5) is 19.0 Å². The summed E-state index contributed by atoms with van der Waals surface area (Å²) in [6.07, 6.45) is -3.08. The first-order valence-electron chi connectivity index (χ1n) is 5.30. The lowest BCUT2D eigenvalue weighted by Gasteiger charge is -2.14. The van der Waals surface area contributed by atoms with Crippen molar-refractivity contribution in [2.45, 2.75) is 32.0 Å². The van der Waals surface area contributed by atoms with Crippen molar-refractivity contribution in [3.05, 3.63) is 23.9 Å². The summed E-state index contributed by atoms with van der Waals surface area (Å²) in [5, 5.41) is 11.2. The van der Waals surface area contributed by atoms with Crippen LogP contribution in [0.1, 0.15) is 25.3 Å². The molecule has 0 fully saturated rings. The van der Waals surface area contributed by atoms with Gasteiger partial charge >= 0.3 is 12.1 Å². The van der Waals surface area contributed by atoms with Crippen LogP contribution in [0.5, 0.6) is 0 Å². The molecule has 1 heterocycles. The zero-order chi connectivity index (χ0) is 13.8. The Morgan fingerprint density at radius 2 is 2.22 bits per heavy atom. The van der Waals surface area contributed by atoms with Crippen LogP contribution in [0.2, 0.25) is 0 Å². The van der Waals surface area contributed by atoms with Crippen LogP contribution in [0, 0.1) is 0 Å². The molecule has 1 unspecified atom stereocenters. The van der Waals surface area contributed by atoms with E-state index in [0.717, 1.165) is 18.3 Å². The number of alkyl halides is 3. The fourth-order valence-electron chi connectivity index (χ4n) is 1.35. The number of halogens is 3. The van der Waals surface area contributed by atoms with Crippen LogP contribution < -0.4 is 5.32 Å². The molecule has 0 radical (unpaired) electrons. The second-order valence-corrected chi connectivity index (χ2v) is 3.91. The number of anilines is 1. The molecule has 2 N–H and O–H groups in total. The Kier molecular flexibility index (Phi) is 4.52. The molecule has 0 aromatic carbocycles. The molecule has 0 saturated carbocycles. The average Bonchev–Trinajstić information content (AvgIpc) is 2.25. The van der Waals surface area contributed by atoms with Crippen molar-refractivity contribution in [2.75, 3.05) is 5.32 Å². The van der Waals surface area contributed by atoms with Gasteiger partial charge in [0.05, 0.1) is 5.56 Å². The molecular formula is C11H13F3N2O2. The van der Waals surface area contributed by atoms with Crippen molar-refractivity contribution >= 4 is 11.8 Å². The first kappa shape index (κ1) is 14.3. The normalized spacial score (nSPS) is 13.1. The average molecular weight is 262 g/mol. The summed E-state index contributed by atoms with van der Waals surface area (Å²) in [5.74, 6) is -0.858. The summed E-state index contributed by atoms with van der Waals surface area (Å²) in [4.78, 5) is 14.1. The van der Waals surface area contributed by atoms with Crippen molar-refractivity contribution in [1.29, 1.82) is 0 Å². The second kappa shape index (κ2) is 5.70. The van der Waals surface area contributed by atoms with Gasteiger partial charge in [-0.25, -0.2) is 4.98 Å². The number of aromatic nitrogens is 1. The van der Waals surface area contributed by atoms with E-state index in [4.69, 9.17) is 5.11 Å². The van der Waals surface area contributed by atoms with Gasteiger partial charge in [-0.2, -0.15) is 13.2 Å². The van der Waals surface area contributed by atoms with Crippen molar-refractivity contribution in [2.24, 2.45) is 0 Å². The van der Waals surface area contributed by atoms with Crippen LogP contribution in [-0.2, 0) is 11.0 Å². The predicted molar refractivity (Wildman–Crippen MR) is 59.2 cm³/mol. The van der Waals surface area contributed by atoms with Gasteiger partial charge in [-0.3, -0.25) is 4.79 Å². The fourth-order valence-corrected chi connectivity index (χ4v) is 1.35. The van der Waals surface area contributed by atoms with Gasteiger partial charge in [-0.05, 0) is 25.5 Å². The number of nitrogens with zero attached hydrogens (tertiary/aromatic N) is 1. The van der Waals surface area contributed by atoms with E-state index in [2.05, 4.69) is 10.3 Å². The monoisotopic (exact) mass is 262 g/mol. The molecule has 4 nitrogen and oxygen atoms in total. The molecule has 0 saturated heterocycles. The molecule has 1 atom stereocenters. The first-order valence-corrected chi connectivity index (χ1v) is 5.30. The zero-order valence-electron chi connectivity index (χ0n) is 9.66. The van der Waals surface area contributed by atoms with Gasteiger partial charge in [0.2, 0.25) is 0 Å². The van der Waals surface area contributed by atoms with Crippen LogP contribution in [0.15, 0.2) is 18.3 Å². The highest BCUT2D eigenvalue weighted by Gasteiger charge is 2.30. The number of pyridine rings is 1. The molecule has 0 aliphatic carbocycles. The molecule has 0 amide bonds. The highest BCUT2D eigenvalue weighted by molar-refractivity contribution is 5.66. The molecule has 100 valence electrons. The summed E-state index contributed by atoms with van der Waals surface area (Å²) in [6, 6.07) is 1.52. The lowest BCUT2D eigenvalue weighted by Crippen LogP contribution is -2.18. The number of hydrogen-bond donors (Lipinski definition) is 2. The lowest BCUT2D eigenvalue weighted by molar-refractivity contribution is -0.138. The van der Waals surface area contributed by atoms with E-state index < -0.39 is 17.7 Å². The van der Waals surface area contributed by atoms with Crippen molar-refractivity contribution < 1.29 is 23.1 Å². The number of carboxylic acids is 1. The van der Waals surface area contributed by atoms with Gasteiger partial charge in [0.1, 0.15) is 5.82 Å². The van der Waals surface area contributed by atoms with Crippen LogP contribution in [-0.4, -0.2) is 22.1 Å². The maximum absolute atomic E-state index is 12.4. The Labute approximate surface area is 102 Å². The van der Waals surface area contributed by atoms with Crippen molar-refractivity contribution in [3.63, 3.8) is 0 Å². The standard InChI is InChI=1S/C11H13F3N2O2/c1-7(2-3-10(17)18)16-9-6-8(4-5-15-9)11(12,13)14/h4-7H,2-3H2,1H3,(H,15,16)(H,17,18). The summed E-state index contributed by atoms with van der Waals surface area (Å²) < 4.78 is 37.3. The Morgan fingerprint density at radius 3 is 2.78 bits per heavy atom. The number of carboxylic acid groups (broad SMARTS) is 1. The van der Waals surface area contributed by atoms with E-state index in [1.807, 2.05) is 0 Å². The topological polar surface area (TPSA) is 62.2 Å². The lowest BCUT2D eigenvalue weighted by atomic mass is 10.2. The molecular weight excluding hydrogens is 249 g/mol. The van der Waals surface area contributed by atoms with Gasteiger partial charge in [0.25, 0.3) is 0 Å². The molecule has 0 aliphatic heterocycles. The van der Waals surface area contributed by atoms with Gasteiger partial charge in [-0.1, -0.05) is 0 Å². The molecule has 0 bridgehead atoms. The first-order chi connectivity index (χ1) is 8.29. The molecule has 1 aromatic heterocycles. The van der Waals surface area contributed by atoms with Gasteiger partial charge in [0, 0.05) is 18.7 Å². The Hall–Kier alpha value is -1.79. The maximum Gasteiger partial charge on any atom is 0.416 e. The zero-order valence-corrected chi connectivity index (χ0v) is 9.66. The highest BCUT2D eigenvalue weighted by Crippen LogP contribution is 2.30. The smallest absolute Gasteiger partial charge is 0.416 e. The quantitative estimate of drug-likeness (QED) is 0.856. The summed E-state index contributed by atoms with van der Waals surface area (Å²) in [6.45, 7) is 1.69. The van der Waals surface area contributed by atoms with Gasteiger partial charge < -0.3 is 10.4 Å². The minimum absolute atomic E-state index is 0.0485. The molecule has 18 heavy (non-hydrogen) atoms. The fraction of sp³-hybridized carbons (Fsp3) is 0.455. The summed E-state index contributed by atoms with van der Waals surface area (Å²) in [5.41, 5.74) is -0.787. The molecule has 1 aromatic rings. The molecule has 0 aliphatic rings. The van der Waals surface area contributed by atoms with Crippen LogP contribution in [0.3, 0.4) is 0 Å². The van der Waals surface area contributed by atoms with Gasteiger partial charge in [-0.15, -0.1) is 0 Å². The maximum atomic E-state index is 12.4. The molecule has 1 rings (SSSR count). The number of nitrogens with one attached hydrogen (secondary N) is 1. The third kappa shape index (κ3) is 4.60. The number of hydrogen-bond acceptors (Lipinski definition) is 3. The van der Waals surface area contributed by atoms with E-state index in [0.29, 0.717) is 6.42 Å². The molecule has 0 spiro atoms. The number of carbonyl (C=O) groups is 1. The minimum atomic E-state index is -4.41. The third-order valence-corrected chi connectivity index (χ3v) is 2.27. The van der Waals surface area contributed by atoms with E-state index >= 15 is 0 Å². The Bertz CT molecular complexity index is 421. The van der Waals surface area contributed by atoms with E-state index in [9.17, 15) is 18.0 Å². The minimum Gasteiger partial charge on any atom is -0.481 e. The van der Waals surface area contributed by atoms with Gasteiger partial charge in [0.15, 0.2) is 0 Å². The van der Waals surface area contributed by atoms with E-state index in [-0.39, 0.29) is 18.3 Å². The van der Waals surface area contributed by atoms with Crippen molar-refractivity contribution in [1.82, 2.24) is 4.98 Å². The van der Waals surface area contributed by atoms with Crippen LogP contribution >= 0.6 is 0 Å². The summed E-state index contributed by atoms with van der Waals surface area (Å²) in [7, 11) is 0. The Morgan fingerprint density at radius 1 is 1.56 bits per heavy atom. The Balaban J connectivity index is 2.65. The van der Waals surface area contributed by atoms with Crippen LogP contribution in [0.25, 0.3) is 0 Å². The van der Waals surface area contributed by atoms with E-state index in [1.54, 1.807) is 6.92 Å². The largest absolute Gasteiger partial charge is 0.481 e. The van der Waals surface area contributed by atoms with E-state index in [1.165, 1.54) is 0 Å². The summed E-state index contributed by atoms with van der Waals surface area (Å²) >= 11 is 0. The predicted octanol–water partition coefficient (Wildman–Crippen LogP) is 2.77. The SMILES string of the molecule is CC(CCC(=O)O)Nc1cc(C(F)(F)F)ccn1. The highest BCUT2D eigenvalue weighted by atomic mass is 19.4. The van der Waals surface area contributed by atoms with Crippen molar-refractivity contribution in [3.8, 4) is 0 Å².